The molecular weight excluding hydrogens is 202 g/mol. The van der Waals surface area contributed by atoms with Gasteiger partial charge in [-0.25, -0.2) is 0 Å². The molecule has 3 unspecified atom stereocenters. The van der Waals surface area contributed by atoms with Crippen molar-refractivity contribution in [3.63, 3.8) is 0 Å². The highest BCUT2D eigenvalue weighted by Gasteiger charge is 2.39. The molecule has 3 atom stereocenters. The summed E-state index contributed by atoms with van der Waals surface area (Å²) in [5, 5.41) is 0. The Kier molecular flexibility index (Phi) is 3.85. The lowest BCUT2D eigenvalue weighted by molar-refractivity contribution is -0.140. The number of carbonyl (C=O) groups excluding carboxylic acids is 1. The Morgan fingerprint density at radius 3 is 2.75 bits per heavy atom. The van der Waals surface area contributed by atoms with Crippen LogP contribution >= 0.6 is 0 Å². The Hall–Kier alpha value is -0.570. The highest BCUT2D eigenvalue weighted by Crippen LogP contribution is 2.48. The minimum absolute atomic E-state index is 0.0974. The summed E-state index contributed by atoms with van der Waals surface area (Å²) in [5.41, 5.74) is 0. The molecule has 0 saturated heterocycles. The van der Waals surface area contributed by atoms with Crippen molar-refractivity contribution in [2.75, 3.05) is 27.2 Å². The number of methoxy groups -OCH3 is 1. The number of ether oxygens (including phenoxy) is 1. The Bertz CT molecular complexity index is 254. The fourth-order valence-electron chi connectivity index (χ4n) is 3.48. The van der Waals surface area contributed by atoms with Gasteiger partial charge in [0.05, 0.1) is 13.5 Å². The van der Waals surface area contributed by atoms with Crippen LogP contribution in [0.1, 0.15) is 32.1 Å². The second kappa shape index (κ2) is 5.17. The molecule has 2 bridgehead atoms. The number of hydrogen-bond acceptors (Lipinski definition) is 3. The van der Waals surface area contributed by atoms with Crippen molar-refractivity contribution in [2.45, 2.75) is 32.1 Å². The molecule has 0 radical (unpaired) electrons. The maximum atomic E-state index is 11.0. The minimum atomic E-state index is -0.0974. The van der Waals surface area contributed by atoms with E-state index in [9.17, 15) is 4.79 Å². The summed E-state index contributed by atoms with van der Waals surface area (Å²) < 4.78 is 4.65. The summed E-state index contributed by atoms with van der Waals surface area (Å²) in [6.45, 7) is 2.00. The minimum Gasteiger partial charge on any atom is -0.469 e. The van der Waals surface area contributed by atoms with Gasteiger partial charge in [-0.1, -0.05) is 6.42 Å². The van der Waals surface area contributed by atoms with Gasteiger partial charge < -0.3 is 9.64 Å². The van der Waals surface area contributed by atoms with Crippen LogP contribution in [0.3, 0.4) is 0 Å². The first-order valence-electron chi connectivity index (χ1n) is 6.44. The first-order chi connectivity index (χ1) is 7.69. The predicted octanol–water partition coefficient (Wildman–Crippen LogP) is 1.92. The summed E-state index contributed by atoms with van der Waals surface area (Å²) >= 11 is 0. The van der Waals surface area contributed by atoms with Gasteiger partial charge in [0.1, 0.15) is 0 Å². The zero-order valence-electron chi connectivity index (χ0n) is 10.4. The number of hydrogen-bond donors (Lipinski definition) is 0. The zero-order chi connectivity index (χ0) is 11.5. The summed E-state index contributed by atoms with van der Waals surface area (Å²) in [5.74, 6) is 2.79. The van der Waals surface area contributed by atoms with E-state index in [1.165, 1.54) is 32.8 Å². The largest absolute Gasteiger partial charge is 0.469 e. The molecule has 0 spiro atoms. The van der Waals surface area contributed by atoms with Gasteiger partial charge in [-0.15, -0.1) is 0 Å². The first kappa shape index (κ1) is 11.9. The number of esters is 1. The average Bonchev–Trinajstić information content (AvgIpc) is 2.87. The molecule has 2 fully saturated rings. The highest BCUT2D eigenvalue weighted by molar-refractivity contribution is 5.69. The third-order valence-electron chi connectivity index (χ3n) is 4.36. The van der Waals surface area contributed by atoms with E-state index in [0.29, 0.717) is 6.42 Å². The Morgan fingerprint density at radius 1 is 1.38 bits per heavy atom. The van der Waals surface area contributed by atoms with E-state index >= 15 is 0 Å². The molecule has 0 aliphatic heterocycles. The molecule has 0 amide bonds. The van der Waals surface area contributed by atoms with E-state index in [-0.39, 0.29) is 5.97 Å². The summed E-state index contributed by atoms with van der Waals surface area (Å²) in [7, 11) is 3.58. The zero-order valence-corrected chi connectivity index (χ0v) is 10.4. The molecule has 2 saturated carbocycles. The Balaban J connectivity index is 1.67. The smallest absolute Gasteiger partial charge is 0.306 e. The molecule has 3 nitrogen and oxygen atoms in total. The van der Waals surface area contributed by atoms with Gasteiger partial charge in [0.2, 0.25) is 0 Å². The third-order valence-corrected chi connectivity index (χ3v) is 4.36. The van der Waals surface area contributed by atoms with E-state index in [2.05, 4.69) is 16.7 Å². The van der Waals surface area contributed by atoms with E-state index in [1.54, 1.807) is 0 Å². The fraction of sp³-hybridized carbons (Fsp3) is 0.923. The lowest BCUT2D eigenvalue weighted by Crippen LogP contribution is -2.30. The van der Waals surface area contributed by atoms with Gasteiger partial charge in [0.15, 0.2) is 0 Å². The molecule has 2 aliphatic carbocycles. The number of rotatable bonds is 5. The highest BCUT2D eigenvalue weighted by atomic mass is 16.5. The molecule has 92 valence electrons. The molecule has 0 N–H and O–H groups in total. The first-order valence-corrected chi connectivity index (χ1v) is 6.44. The van der Waals surface area contributed by atoms with Crippen molar-refractivity contribution in [1.29, 1.82) is 0 Å². The second-order valence-corrected chi connectivity index (χ2v) is 5.52. The molecule has 2 aliphatic rings. The normalized spacial score (nSPS) is 32.3. The number of nitrogens with zero attached hydrogens (tertiary/aromatic N) is 1. The Labute approximate surface area is 98.1 Å². The van der Waals surface area contributed by atoms with Crippen LogP contribution in [0.5, 0.6) is 0 Å². The van der Waals surface area contributed by atoms with Crippen LogP contribution in [0, 0.1) is 17.8 Å². The monoisotopic (exact) mass is 225 g/mol. The molecule has 0 aromatic heterocycles. The molecule has 0 aromatic carbocycles. The predicted molar refractivity (Wildman–Crippen MR) is 63.1 cm³/mol. The average molecular weight is 225 g/mol. The van der Waals surface area contributed by atoms with Crippen molar-refractivity contribution in [2.24, 2.45) is 17.8 Å². The summed E-state index contributed by atoms with van der Waals surface area (Å²) in [6, 6.07) is 0. The van der Waals surface area contributed by atoms with E-state index < -0.39 is 0 Å². The lowest BCUT2D eigenvalue weighted by Gasteiger charge is -2.26. The maximum absolute atomic E-state index is 11.0. The standard InChI is InChI=1S/C13H23NO2/c1-14(6-5-13(15)16-2)9-12-8-10-3-4-11(12)7-10/h10-12H,3-9H2,1-2H3. The topological polar surface area (TPSA) is 29.5 Å². The van der Waals surface area contributed by atoms with Gasteiger partial charge in [-0.3, -0.25) is 4.79 Å². The molecule has 0 aromatic rings. The second-order valence-electron chi connectivity index (χ2n) is 5.52. The lowest BCUT2D eigenvalue weighted by atomic mass is 9.88. The van der Waals surface area contributed by atoms with Gasteiger partial charge in [0.25, 0.3) is 0 Å². The van der Waals surface area contributed by atoms with Gasteiger partial charge in [-0.2, -0.15) is 0 Å². The van der Waals surface area contributed by atoms with Crippen LogP contribution in [-0.2, 0) is 9.53 Å². The van der Waals surface area contributed by atoms with E-state index in [0.717, 1.165) is 30.8 Å². The van der Waals surface area contributed by atoms with Gasteiger partial charge in [-0.05, 0) is 44.1 Å². The van der Waals surface area contributed by atoms with Crippen molar-refractivity contribution < 1.29 is 9.53 Å². The van der Waals surface area contributed by atoms with Crippen LogP contribution in [0.4, 0.5) is 0 Å². The molecule has 16 heavy (non-hydrogen) atoms. The van der Waals surface area contributed by atoms with Crippen molar-refractivity contribution >= 4 is 5.97 Å². The van der Waals surface area contributed by atoms with Crippen molar-refractivity contribution in [3.8, 4) is 0 Å². The molecular formula is C13H23NO2. The molecule has 3 heteroatoms. The van der Waals surface area contributed by atoms with Crippen molar-refractivity contribution in [3.05, 3.63) is 0 Å². The number of carbonyl (C=O) groups is 1. The van der Waals surface area contributed by atoms with Gasteiger partial charge >= 0.3 is 5.97 Å². The Morgan fingerprint density at radius 2 is 2.19 bits per heavy atom. The fourth-order valence-corrected chi connectivity index (χ4v) is 3.48. The van der Waals surface area contributed by atoms with Crippen LogP contribution in [0.25, 0.3) is 0 Å². The summed E-state index contributed by atoms with van der Waals surface area (Å²) in [6.07, 6.45) is 6.32. The quantitative estimate of drug-likeness (QED) is 0.669. The van der Waals surface area contributed by atoms with Crippen molar-refractivity contribution in [1.82, 2.24) is 4.90 Å². The van der Waals surface area contributed by atoms with Gasteiger partial charge in [0, 0.05) is 13.1 Å². The van der Waals surface area contributed by atoms with E-state index in [4.69, 9.17) is 0 Å². The third kappa shape index (κ3) is 2.76. The van der Waals surface area contributed by atoms with Crippen LogP contribution < -0.4 is 0 Å². The molecule has 2 rings (SSSR count). The maximum Gasteiger partial charge on any atom is 0.306 e. The summed E-state index contributed by atoms with van der Waals surface area (Å²) in [4.78, 5) is 13.3. The van der Waals surface area contributed by atoms with Crippen LogP contribution in [0.15, 0.2) is 0 Å². The van der Waals surface area contributed by atoms with E-state index in [1.807, 2.05) is 0 Å². The molecule has 0 heterocycles. The SMILES string of the molecule is COC(=O)CCN(C)CC1CC2CCC1C2. The van der Waals surface area contributed by atoms with Crippen LogP contribution in [-0.4, -0.2) is 38.1 Å². The number of fused-ring (bicyclic) bond motifs is 2. The van der Waals surface area contributed by atoms with Crippen LogP contribution in [0.2, 0.25) is 0 Å².